The zero-order chi connectivity index (χ0) is 15.6. The lowest BCUT2D eigenvalue weighted by atomic mass is 9.79. The second kappa shape index (κ2) is 4.87. The predicted molar refractivity (Wildman–Crippen MR) is 83.4 cm³/mol. The Morgan fingerprint density at radius 1 is 1.17 bits per heavy atom. The van der Waals surface area contributed by atoms with E-state index in [1.54, 1.807) is 7.11 Å². The highest BCUT2D eigenvalue weighted by Crippen LogP contribution is 2.64. The van der Waals surface area contributed by atoms with Crippen molar-refractivity contribution >= 4 is 11.8 Å². The average molecular weight is 315 g/mol. The summed E-state index contributed by atoms with van der Waals surface area (Å²) in [4.78, 5) is 12.2. The van der Waals surface area contributed by atoms with E-state index in [1.165, 1.54) is 12.8 Å². The highest BCUT2D eigenvalue weighted by Gasteiger charge is 2.67. The number of amides is 1. The van der Waals surface area contributed by atoms with Gasteiger partial charge >= 0.3 is 6.09 Å². The summed E-state index contributed by atoms with van der Waals surface area (Å²) in [5.41, 5.74) is 0.729. The second-order valence-corrected chi connectivity index (χ2v) is 7.31. The Hall–Kier alpha value is -1.75. The van der Waals surface area contributed by atoms with E-state index in [0.717, 1.165) is 29.7 Å². The van der Waals surface area contributed by atoms with Crippen LogP contribution in [0.4, 0.5) is 10.5 Å². The van der Waals surface area contributed by atoms with Gasteiger partial charge in [-0.1, -0.05) is 0 Å². The van der Waals surface area contributed by atoms with Gasteiger partial charge in [-0.05, 0) is 67.2 Å². The first kappa shape index (κ1) is 13.7. The van der Waals surface area contributed by atoms with Crippen molar-refractivity contribution in [1.82, 2.24) is 0 Å². The number of carbonyl (C=O) groups is 1. The van der Waals surface area contributed by atoms with Gasteiger partial charge in [-0.25, -0.2) is 4.79 Å². The van der Waals surface area contributed by atoms with Crippen molar-refractivity contribution in [2.24, 2.45) is 23.7 Å². The maximum absolute atomic E-state index is 12.2. The highest BCUT2D eigenvalue weighted by atomic mass is 16.6. The highest BCUT2D eigenvalue weighted by molar-refractivity contribution is 5.84. The van der Waals surface area contributed by atoms with Crippen LogP contribution in [-0.4, -0.2) is 31.5 Å². The number of hydrogen-bond donors (Lipinski definition) is 1. The number of fused-ring (bicyclic) bond motifs is 7. The van der Waals surface area contributed by atoms with Crippen LogP contribution in [0.3, 0.4) is 0 Å². The Balaban J connectivity index is 1.20. The molecule has 5 rings (SSSR count). The van der Waals surface area contributed by atoms with Crippen molar-refractivity contribution in [1.29, 1.82) is 0 Å². The monoisotopic (exact) mass is 315 g/mol. The third-order valence-corrected chi connectivity index (χ3v) is 6.28. The molecule has 23 heavy (non-hydrogen) atoms. The van der Waals surface area contributed by atoms with Crippen molar-refractivity contribution in [2.45, 2.75) is 37.6 Å². The van der Waals surface area contributed by atoms with Crippen molar-refractivity contribution < 1.29 is 19.0 Å². The third kappa shape index (κ3) is 2.13. The van der Waals surface area contributed by atoms with E-state index in [0.29, 0.717) is 24.0 Å². The molecule has 3 saturated carbocycles. The molecule has 0 unspecified atom stereocenters. The van der Waals surface area contributed by atoms with Crippen LogP contribution in [0.1, 0.15) is 19.3 Å². The second-order valence-electron chi connectivity index (χ2n) is 7.31. The molecule has 1 amide bonds. The molecule has 1 aliphatic heterocycles. The number of hydrogen-bond acceptors (Lipinski definition) is 4. The van der Waals surface area contributed by atoms with Gasteiger partial charge in [0, 0.05) is 5.69 Å². The van der Waals surface area contributed by atoms with Gasteiger partial charge in [0.05, 0.1) is 19.3 Å². The molecule has 1 aromatic rings. The molecule has 4 fully saturated rings. The first-order valence-corrected chi connectivity index (χ1v) is 8.50. The van der Waals surface area contributed by atoms with Gasteiger partial charge in [0.25, 0.3) is 0 Å². The predicted octanol–water partition coefficient (Wildman–Crippen LogP) is 3.06. The van der Waals surface area contributed by atoms with Crippen LogP contribution in [0, 0.1) is 23.7 Å². The summed E-state index contributed by atoms with van der Waals surface area (Å²) >= 11 is 0. The minimum atomic E-state index is -0.344. The number of ether oxygens (including phenoxy) is 3. The van der Waals surface area contributed by atoms with Crippen LogP contribution in [0.2, 0.25) is 0 Å². The third-order valence-electron chi connectivity index (χ3n) is 6.28. The molecular formula is C18H21NO4. The lowest BCUT2D eigenvalue weighted by molar-refractivity contribution is 0.0251. The minimum absolute atomic E-state index is 0.0806. The van der Waals surface area contributed by atoms with Crippen LogP contribution in [0.15, 0.2) is 24.3 Å². The molecule has 1 N–H and O–H groups in total. The quantitative estimate of drug-likeness (QED) is 0.871. The average Bonchev–Trinajstić information content (AvgIpc) is 2.92. The molecule has 1 saturated heterocycles. The van der Waals surface area contributed by atoms with Crippen LogP contribution in [-0.2, 0) is 9.47 Å². The van der Waals surface area contributed by atoms with Gasteiger partial charge in [-0.2, -0.15) is 0 Å². The van der Waals surface area contributed by atoms with E-state index in [1.807, 2.05) is 24.3 Å². The van der Waals surface area contributed by atoms with Crippen LogP contribution >= 0.6 is 0 Å². The minimum Gasteiger partial charge on any atom is -0.497 e. The van der Waals surface area contributed by atoms with E-state index in [-0.39, 0.29) is 12.2 Å². The van der Waals surface area contributed by atoms with Gasteiger partial charge in [0.1, 0.15) is 11.9 Å². The topological polar surface area (TPSA) is 60.1 Å². The van der Waals surface area contributed by atoms with Gasteiger partial charge < -0.3 is 14.2 Å². The number of carbonyl (C=O) groups excluding carboxylic acids is 1. The van der Waals surface area contributed by atoms with Gasteiger partial charge in [0.15, 0.2) is 0 Å². The summed E-state index contributed by atoms with van der Waals surface area (Å²) in [7, 11) is 1.62. The molecule has 1 heterocycles. The van der Waals surface area contributed by atoms with Gasteiger partial charge in [0.2, 0.25) is 0 Å². The molecule has 0 aromatic heterocycles. The molecule has 0 spiro atoms. The molecule has 5 heteroatoms. The summed E-state index contributed by atoms with van der Waals surface area (Å²) in [6, 6.07) is 7.28. The van der Waals surface area contributed by atoms with Crippen molar-refractivity contribution in [2.75, 3.05) is 12.4 Å². The van der Waals surface area contributed by atoms with E-state index in [9.17, 15) is 4.79 Å². The molecular weight excluding hydrogens is 294 g/mol. The van der Waals surface area contributed by atoms with Crippen LogP contribution in [0.5, 0.6) is 5.75 Å². The van der Waals surface area contributed by atoms with E-state index < -0.39 is 0 Å². The normalized spacial score (nSPS) is 42.0. The Bertz CT molecular complexity index is 630. The zero-order valence-electron chi connectivity index (χ0n) is 13.1. The first-order chi connectivity index (χ1) is 11.2. The summed E-state index contributed by atoms with van der Waals surface area (Å²) < 4.78 is 16.6. The van der Waals surface area contributed by atoms with Gasteiger partial charge in [-0.15, -0.1) is 0 Å². The molecule has 7 atom stereocenters. The van der Waals surface area contributed by atoms with E-state index in [2.05, 4.69) is 5.32 Å². The fourth-order valence-electron chi connectivity index (χ4n) is 5.36. The molecule has 5 nitrogen and oxygen atoms in total. The maximum Gasteiger partial charge on any atom is 0.411 e. The summed E-state index contributed by atoms with van der Waals surface area (Å²) in [6.07, 6.45) is 4.18. The number of epoxide rings is 1. The van der Waals surface area contributed by atoms with E-state index >= 15 is 0 Å². The summed E-state index contributed by atoms with van der Waals surface area (Å²) in [6.45, 7) is 0. The lowest BCUT2D eigenvalue weighted by Crippen LogP contribution is -2.35. The molecule has 122 valence electrons. The largest absolute Gasteiger partial charge is 0.497 e. The lowest BCUT2D eigenvalue weighted by Gasteiger charge is -2.32. The Labute approximate surface area is 135 Å². The number of methoxy groups -OCH3 is 1. The molecule has 0 radical (unpaired) electrons. The summed E-state index contributed by atoms with van der Waals surface area (Å²) in [5, 5.41) is 2.82. The van der Waals surface area contributed by atoms with Crippen LogP contribution < -0.4 is 10.1 Å². The Kier molecular flexibility index (Phi) is 2.89. The fraction of sp³-hybridized carbons (Fsp3) is 0.611. The summed E-state index contributed by atoms with van der Waals surface area (Å²) in [5.74, 6) is 3.47. The number of benzene rings is 1. The van der Waals surface area contributed by atoms with Gasteiger partial charge in [-0.3, -0.25) is 5.32 Å². The molecule has 3 aliphatic carbocycles. The first-order valence-electron chi connectivity index (χ1n) is 8.50. The standard InChI is InChI=1S/C18H21NO4/c1-21-11-4-2-10(3-5-11)19-18(20)23-14-7-9-6-12(14)13-8-15-17(22-15)16(9)13/h2-5,9,12-17H,6-8H2,1H3,(H,19,20)/t9-,12+,13+,14-,15+,16-,17+/m1/s1. The molecule has 4 aliphatic rings. The fourth-order valence-corrected chi connectivity index (χ4v) is 5.36. The molecule has 2 bridgehead atoms. The Morgan fingerprint density at radius 2 is 2.00 bits per heavy atom. The number of nitrogens with one attached hydrogen (secondary N) is 1. The van der Waals surface area contributed by atoms with Crippen LogP contribution in [0.25, 0.3) is 0 Å². The smallest absolute Gasteiger partial charge is 0.411 e. The maximum atomic E-state index is 12.2. The van der Waals surface area contributed by atoms with Crippen molar-refractivity contribution in [3.63, 3.8) is 0 Å². The number of rotatable bonds is 3. The Morgan fingerprint density at radius 3 is 2.78 bits per heavy atom. The van der Waals surface area contributed by atoms with E-state index in [4.69, 9.17) is 14.2 Å². The molecule has 1 aromatic carbocycles. The van der Waals surface area contributed by atoms with Crippen molar-refractivity contribution in [3.05, 3.63) is 24.3 Å². The SMILES string of the molecule is COc1ccc(NC(=O)O[C@@H]2C[C@H]3C[C@H]2[C@@H]2C[C@@H]4O[C@@H]4[C@H]32)cc1. The number of anilines is 1. The van der Waals surface area contributed by atoms with Crippen molar-refractivity contribution in [3.8, 4) is 5.75 Å². The zero-order valence-corrected chi connectivity index (χ0v) is 13.1.